The van der Waals surface area contributed by atoms with Crippen LogP contribution < -0.4 is 10.3 Å². The number of alkyl halides is 3. The van der Waals surface area contributed by atoms with E-state index in [4.69, 9.17) is 4.74 Å². The van der Waals surface area contributed by atoms with Gasteiger partial charge in [-0.2, -0.15) is 13.2 Å². The van der Waals surface area contributed by atoms with Crippen LogP contribution in [0.4, 0.5) is 13.2 Å². The van der Waals surface area contributed by atoms with E-state index in [9.17, 15) is 28.1 Å². The first-order valence-electron chi connectivity index (χ1n) is 9.09. The third-order valence-electron chi connectivity index (χ3n) is 4.49. The summed E-state index contributed by atoms with van der Waals surface area (Å²) in [4.78, 5) is 27.1. The van der Waals surface area contributed by atoms with Crippen molar-refractivity contribution in [1.82, 2.24) is 4.57 Å². The minimum atomic E-state index is -4.53. The van der Waals surface area contributed by atoms with E-state index in [1.54, 1.807) is 26.0 Å². The maximum Gasteiger partial charge on any atom is 0.416 e. The Labute approximate surface area is 169 Å². The van der Waals surface area contributed by atoms with Gasteiger partial charge >= 0.3 is 6.18 Å². The third-order valence-corrected chi connectivity index (χ3v) is 4.49. The van der Waals surface area contributed by atoms with E-state index in [1.165, 1.54) is 22.9 Å². The van der Waals surface area contributed by atoms with Crippen molar-refractivity contribution in [2.24, 2.45) is 0 Å². The van der Waals surface area contributed by atoms with Crippen molar-refractivity contribution in [3.63, 3.8) is 0 Å². The molecule has 7 nitrogen and oxygen atoms in total. The molecule has 0 bridgehead atoms. The molecular weight excluding hydrogens is 405 g/mol. The van der Waals surface area contributed by atoms with E-state index in [-0.39, 0.29) is 17.9 Å². The van der Waals surface area contributed by atoms with Gasteiger partial charge in [-0.15, -0.1) is 10.1 Å². The van der Waals surface area contributed by atoms with Crippen LogP contribution in [0.1, 0.15) is 37.0 Å². The Balaban J connectivity index is 1.95. The monoisotopic (exact) mass is 424 g/mol. The van der Waals surface area contributed by atoms with E-state index in [2.05, 4.69) is 4.84 Å². The molecule has 2 heterocycles. The molecule has 1 aromatic carbocycles. The molecule has 0 N–H and O–H groups in total. The maximum absolute atomic E-state index is 13.2. The number of aromatic nitrogens is 1. The van der Waals surface area contributed by atoms with E-state index >= 15 is 0 Å². The molecule has 1 aliphatic heterocycles. The van der Waals surface area contributed by atoms with Crippen molar-refractivity contribution in [2.45, 2.75) is 38.5 Å². The van der Waals surface area contributed by atoms with Gasteiger partial charge in [-0.25, -0.2) is 0 Å². The minimum Gasteiger partial charge on any atom is -0.483 e. The topological polar surface area (TPSA) is 83.6 Å². The van der Waals surface area contributed by atoms with Crippen molar-refractivity contribution < 1.29 is 27.8 Å². The smallest absolute Gasteiger partial charge is 0.416 e. The number of hydrogen-bond acceptors (Lipinski definition) is 5. The van der Waals surface area contributed by atoms with Gasteiger partial charge in [0.2, 0.25) is 0 Å². The summed E-state index contributed by atoms with van der Waals surface area (Å²) >= 11 is 0. The number of fused-ring (bicyclic) bond motifs is 1. The average molecular weight is 424 g/mol. The molecule has 0 aliphatic carbocycles. The summed E-state index contributed by atoms with van der Waals surface area (Å²) in [6.07, 6.45) is -0.739. The van der Waals surface area contributed by atoms with E-state index in [0.29, 0.717) is 24.1 Å². The molecule has 0 saturated heterocycles. The molecule has 0 atom stereocenters. The Kier molecular flexibility index (Phi) is 5.60. The molecule has 0 fully saturated rings. The van der Waals surface area contributed by atoms with Crippen LogP contribution in [-0.2, 0) is 17.4 Å². The first-order valence-corrected chi connectivity index (χ1v) is 9.09. The summed E-state index contributed by atoms with van der Waals surface area (Å²) < 4.78 is 46.6. The number of pyridine rings is 1. The van der Waals surface area contributed by atoms with Gasteiger partial charge < -0.3 is 9.57 Å². The second-order valence-electron chi connectivity index (χ2n) is 7.35. The van der Waals surface area contributed by atoms with Gasteiger partial charge in [-0.05, 0) is 62.6 Å². The molecule has 0 unspecified atom stereocenters. The zero-order valence-electron chi connectivity index (χ0n) is 16.2. The van der Waals surface area contributed by atoms with Crippen molar-refractivity contribution in [1.29, 1.82) is 0 Å². The third kappa shape index (κ3) is 4.81. The van der Waals surface area contributed by atoms with Gasteiger partial charge in [0.15, 0.2) is 0 Å². The molecule has 0 spiro atoms. The number of aryl methyl sites for hydroxylation is 1. The lowest BCUT2D eigenvalue weighted by Gasteiger charge is -2.32. The lowest BCUT2D eigenvalue weighted by atomic mass is 9.97. The lowest BCUT2D eigenvalue weighted by Crippen LogP contribution is -2.32. The molecule has 1 aliphatic rings. The van der Waals surface area contributed by atoms with E-state index in [1.807, 2.05) is 0 Å². The van der Waals surface area contributed by atoms with Gasteiger partial charge in [0.25, 0.3) is 10.6 Å². The van der Waals surface area contributed by atoms with Crippen LogP contribution in [0.5, 0.6) is 5.75 Å². The predicted octanol–water partition coefficient (Wildman–Crippen LogP) is 4.07. The van der Waals surface area contributed by atoms with Crippen LogP contribution >= 0.6 is 0 Å². The predicted molar refractivity (Wildman–Crippen MR) is 101 cm³/mol. The highest BCUT2D eigenvalue weighted by Crippen LogP contribution is 2.40. The van der Waals surface area contributed by atoms with Crippen LogP contribution in [0.25, 0.3) is 5.70 Å². The van der Waals surface area contributed by atoms with Crippen molar-refractivity contribution in [2.75, 3.05) is 6.61 Å². The van der Waals surface area contributed by atoms with Crippen LogP contribution in [0.15, 0.2) is 47.4 Å². The number of ether oxygens (including phenoxy) is 1. The van der Waals surface area contributed by atoms with Crippen molar-refractivity contribution >= 4 is 5.70 Å². The van der Waals surface area contributed by atoms with Gasteiger partial charge in [0.1, 0.15) is 11.4 Å². The Bertz CT molecular complexity index is 1060. The highest BCUT2D eigenvalue weighted by Gasteiger charge is 2.34. The van der Waals surface area contributed by atoms with Crippen molar-refractivity contribution in [3.8, 4) is 5.75 Å². The summed E-state index contributed by atoms with van der Waals surface area (Å²) in [5.74, 6) is 0.249. The van der Waals surface area contributed by atoms with E-state index < -0.39 is 28.0 Å². The van der Waals surface area contributed by atoms with E-state index in [0.717, 1.165) is 12.1 Å². The molecule has 0 radical (unpaired) electrons. The second-order valence-corrected chi connectivity index (χ2v) is 7.35. The summed E-state index contributed by atoms with van der Waals surface area (Å²) in [5, 5.41) is 9.28. The number of nitrogens with zero attached hydrogens (tertiary/aromatic N) is 2. The average Bonchev–Trinajstić information content (AvgIpc) is 2.63. The molecular formula is C20H19F3N2O5. The van der Waals surface area contributed by atoms with Crippen LogP contribution in [0.2, 0.25) is 0 Å². The molecule has 160 valence electrons. The maximum atomic E-state index is 13.2. The van der Waals surface area contributed by atoms with Gasteiger partial charge in [0.05, 0.1) is 17.9 Å². The molecule has 1 aromatic heterocycles. The lowest BCUT2D eigenvalue weighted by molar-refractivity contribution is -0.757. The first kappa shape index (κ1) is 21.4. The fraction of sp³-hybridized carbons (Fsp3) is 0.350. The SMILES string of the molecule is CC1(C)C=C(n2ccc(CCCO[N+](=O)[O-])cc2=O)c2cc(C(F)(F)F)ccc2O1. The Morgan fingerprint density at radius 3 is 2.60 bits per heavy atom. The number of halogens is 3. The Hall–Kier alpha value is -3.30. The number of rotatable bonds is 6. The number of benzene rings is 1. The standard InChI is InChI=1S/C20H19F3N2O5/c1-19(2)12-16(15-11-14(20(21,22)23)5-6-17(15)30-19)24-8-7-13(10-18(24)26)4-3-9-29-25(27)28/h5-8,10-12H,3-4,9H2,1-2H3. The highest BCUT2D eigenvalue weighted by atomic mass is 19.4. The fourth-order valence-electron chi connectivity index (χ4n) is 3.20. The zero-order chi connectivity index (χ0) is 22.1. The summed E-state index contributed by atoms with van der Waals surface area (Å²) in [5.41, 5.74) is -1.01. The molecule has 0 saturated carbocycles. The van der Waals surface area contributed by atoms with Gasteiger partial charge in [-0.1, -0.05) is 0 Å². The van der Waals surface area contributed by atoms with Gasteiger partial charge in [0, 0.05) is 17.8 Å². The van der Waals surface area contributed by atoms with Crippen LogP contribution in [0.3, 0.4) is 0 Å². The number of hydrogen-bond donors (Lipinski definition) is 0. The molecule has 10 heteroatoms. The van der Waals surface area contributed by atoms with Crippen LogP contribution in [-0.4, -0.2) is 21.9 Å². The quantitative estimate of drug-likeness (QED) is 0.397. The largest absolute Gasteiger partial charge is 0.483 e. The summed E-state index contributed by atoms with van der Waals surface area (Å²) in [7, 11) is 0. The van der Waals surface area contributed by atoms with Gasteiger partial charge in [-0.3, -0.25) is 9.36 Å². The normalized spacial score (nSPS) is 15.0. The minimum absolute atomic E-state index is 0.0969. The van der Waals surface area contributed by atoms with Crippen molar-refractivity contribution in [3.05, 3.63) is 79.8 Å². The Morgan fingerprint density at radius 1 is 1.23 bits per heavy atom. The van der Waals surface area contributed by atoms with Crippen LogP contribution in [0, 0.1) is 10.1 Å². The Morgan fingerprint density at radius 2 is 1.97 bits per heavy atom. The summed E-state index contributed by atoms with van der Waals surface area (Å²) in [6.45, 7) is 3.38. The fourth-order valence-corrected chi connectivity index (χ4v) is 3.20. The molecule has 2 aromatic rings. The molecule has 30 heavy (non-hydrogen) atoms. The zero-order valence-corrected chi connectivity index (χ0v) is 16.2. The summed E-state index contributed by atoms with van der Waals surface area (Å²) in [6, 6.07) is 6.15. The molecule has 3 rings (SSSR count). The first-order chi connectivity index (χ1) is 14.0. The second kappa shape index (κ2) is 7.85. The highest BCUT2D eigenvalue weighted by molar-refractivity contribution is 5.74. The molecule has 0 amide bonds.